The lowest BCUT2D eigenvalue weighted by Crippen LogP contribution is -2.44. The lowest BCUT2D eigenvalue weighted by molar-refractivity contribution is 0.122. The summed E-state index contributed by atoms with van der Waals surface area (Å²) in [7, 11) is 1.56. The second-order valence-electron chi connectivity index (χ2n) is 7.84. The Bertz CT molecular complexity index is 952. The van der Waals surface area contributed by atoms with Gasteiger partial charge in [-0.1, -0.05) is 0 Å². The summed E-state index contributed by atoms with van der Waals surface area (Å²) >= 11 is 0. The van der Waals surface area contributed by atoms with Crippen LogP contribution in [0.5, 0.6) is 5.88 Å². The van der Waals surface area contributed by atoms with Crippen molar-refractivity contribution in [1.29, 1.82) is 0 Å². The molecule has 172 valence electrons. The average molecular weight is 444 g/mol. The number of pyridine rings is 1. The molecule has 4 heterocycles. The molecule has 2 aromatic rings. The molecule has 1 atom stereocenters. The van der Waals surface area contributed by atoms with Crippen LogP contribution < -0.4 is 20.3 Å². The number of carboxylic acid groups (broad SMARTS) is 1. The highest BCUT2D eigenvalue weighted by atomic mass is 16.5. The molecule has 0 spiro atoms. The molecule has 2 fully saturated rings. The van der Waals surface area contributed by atoms with Gasteiger partial charge in [0.25, 0.3) is 0 Å². The predicted octanol–water partition coefficient (Wildman–Crippen LogP) is 2.32. The van der Waals surface area contributed by atoms with Gasteiger partial charge in [-0.25, -0.2) is 9.78 Å². The Hall–Kier alpha value is -3.34. The number of methoxy groups -OCH3 is 1. The molecule has 0 aromatic carbocycles. The highest BCUT2D eigenvalue weighted by Gasteiger charge is 2.26. The third kappa shape index (κ3) is 4.93. The van der Waals surface area contributed by atoms with E-state index in [2.05, 4.69) is 20.5 Å². The maximum Gasteiger partial charge on any atom is 0.407 e. The van der Waals surface area contributed by atoms with Crippen LogP contribution in [-0.4, -0.2) is 83.6 Å². The minimum Gasteiger partial charge on any atom is -0.480 e. The fourth-order valence-corrected chi connectivity index (χ4v) is 4.02. The zero-order valence-corrected chi connectivity index (χ0v) is 18.4. The number of likely N-dealkylation sites (tertiary alicyclic amines) is 1. The van der Waals surface area contributed by atoms with E-state index in [1.165, 1.54) is 4.90 Å². The van der Waals surface area contributed by atoms with Crippen LogP contribution >= 0.6 is 0 Å². The van der Waals surface area contributed by atoms with Gasteiger partial charge in [0, 0.05) is 44.0 Å². The predicted molar refractivity (Wildman–Crippen MR) is 120 cm³/mol. The molecule has 32 heavy (non-hydrogen) atoms. The molecular formula is C21H29N7O4. The number of aromatic nitrogens is 3. The molecule has 0 aliphatic carbocycles. The van der Waals surface area contributed by atoms with Gasteiger partial charge in [0.1, 0.15) is 17.3 Å². The van der Waals surface area contributed by atoms with E-state index in [4.69, 9.17) is 19.4 Å². The summed E-state index contributed by atoms with van der Waals surface area (Å²) in [5.74, 6) is 2.37. The van der Waals surface area contributed by atoms with Gasteiger partial charge in [-0.15, -0.1) is 0 Å². The number of carbonyl (C=O) groups is 1. The summed E-state index contributed by atoms with van der Waals surface area (Å²) in [5.41, 5.74) is 1.58. The van der Waals surface area contributed by atoms with E-state index in [0.717, 1.165) is 37.3 Å². The van der Waals surface area contributed by atoms with Crippen LogP contribution in [0.15, 0.2) is 18.3 Å². The maximum absolute atomic E-state index is 11.4. The molecule has 0 bridgehead atoms. The van der Waals surface area contributed by atoms with Crippen LogP contribution in [-0.2, 0) is 4.74 Å². The van der Waals surface area contributed by atoms with E-state index in [1.807, 2.05) is 19.1 Å². The topological polar surface area (TPSA) is 125 Å². The molecule has 0 radical (unpaired) electrons. The molecule has 4 rings (SSSR count). The molecule has 1 amide bonds. The molecule has 2 aliphatic heterocycles. The number of rotatable bonds is 6. The van der Waals surface area contributed by atoms with E-state index in [-0.39, 0.29) is 6.04 Å². The summed E-state index contributed by atoms with van der Waals surface area (Å²) in [4.78, 5) is 28.8. The summed E-state index contributed by atoms with van der Waals surface area (Å²) in [6.45, 7) is 5.72. The largest absolute Gasteiger partial charge is 0.480 e. The molecular weight excluding hydrogens is 414 g/mol. The average Bonchev–Trinajstić information content (AvgIpc) is 2.82. The number of hydrogen-bond donors (Lipinski definition) is 3. The van der Waals surface area contributed by atoms with Crippen LogP contribution in [0.1, 0.15) is 18.4 Å². The van der Waals surface area contributed by atoms with Gasteiger partial charge in [-0.2, -0.15) is 9.97 Å². The van der Waals surface area contributed by atoms with Gasteiger partial charge < -0.3 is 35.0 Å². The molecule has 2 aromatic heterocycles. The Morgan fingerprint density at radius 2 is 2.09 bits per heavy atom. The number of ether oxygens (including phenoxy) is 2. The molecule has 1 unspecified atom stereocenters. The van der Waals surface area contributed by atoms with Crippen molar-refractivity contribution in [3.63, 3.8) is 0 Å². The summed E-state index contributed by atoms with van der Waals surface area (Å²) in [6, 6.07) is 3.64. The molecule has 2 saturated heterocycles. The fourth-order valence-electron chi connectivity index (χ4n) is 4.02. The van der Waals surface area contributed by atoms with Crippen LogP contribution in [0.25, 0.3) is 0 Å². The van der Waals surface area contributed by atoms with E-state index in [9.17, 15) is 9.90 Å². The monoisotopic (exact) mass is 443 g/mol. The molecule has 11 nitrogen and oxygen atoms in total. The Morgan fingerprint density at radius 3 is 2.84 bits per heavy atom. The first kappa shape index (κ1) is 21.9. The van der Waals surface area contributed by atoms with Crippen LogP contribution in [0.2, 0.25) is 0 Å². The second-order valence-corrected chi connectivity index (χ2v) is 7.84. The van der Waals surface area contributed by atoms with E-state index >= 15 is 0 Å². The van der Waals surface area contributed by atoms with Gasteiger partial charge in [-0.05, 0) is 31.9 Å². The quantitative estimate of drug-likeness (QED) is 0.612. The van der Waals surface area contributed by atoms with Crippen molar-refractivity contribution in [2.45, 2.75) is 25.8 Å². The third-order valence-electron chi connectivity index (χ3n) is 5.67. The number of hydrogen-bond acceptors (Lipinski definition) is 9. The zero-order valence-electron chi connectivity index (χ0n) is 18.4. The number of nitrogens with one attached hydrogen (secondary N) is 2. The van der Waals surface area contributed by atoms with E-state index in [0.29, 0.717) is 49.6 Å². The van der Waals surface area contributed by atoms with Crippen molar-refractivity contribution in [1.82, 2.24) is 19.9 Å². The van der Waals surface area contributed by atoms with Crippen molar-refractivity contribution >= 4 is 29.4 Å². The van der Waals surface area contributed by atoms with Crippen LogP contribution in [0.3, 0.4) is 0 Å². The van der Waals surface area contributed by atoms with Crippen molar-refractivity contribution < 1.29 is 19.4 Å². The summed E-state index contributed by atoms with van der Waals surface area (Å²) in [6.07, 6.45) is 2.45. The van der Waals surface area contributed by atoms with Gasteiger partial charge in [0.2, 0.25) is 11.8 Å². The van der Waals surface area contributed by atoms with Crippen LogP contribution in [0.4, 0.5) is 28.1 Å². The maximum atomic E-state index is 11.4. The molecule has 2 aliphatic rings. The summed E-state index contributed by atoms with van der Waals surface area (Å²) < 4.78 is 10.8. The minimum atomic E-state index is -0.893. The highest BCUT2D eigenvalue weighted by molar-refractivity contribution is 5.67. The number of anilines is 4. The SMILES string of the molecule is COc1ncccc1Nc1nc(NC2CCCN(C(=O)O)C2)c(C)c(N2CCOCC2)n1. The van der Waals surface area contributed by atoms with Crippen LogP contribution in [0, 0.1) is 6.92 Å². The van der Waals surface area contributed by atoms with Gasteiger partial charge in [-0.3, -0.25) is 0 Å². The molecule has 3 N–H and O–H groups in total. The normalized spacial score (nSPS) is 18.9. The fraction of sp³-hybridized carbons (Fsp3) is 0.524. The number of piperidine rings is 1. The standard InChI is InChI=1S/C21H29N7O4/c1-14-17(23-15-5-4-8-28(13-15)21(29)30)25-20(24-16-6-3-7-22-19(16)31-2)26-18(14)27-9-11-32-12-10-27/h3,6-7,15H,4-5,8-13H2,1-2H3,(H,29,30)(H2,23,24,25,26). The van der Waals surface area contributed by atoms with Gasteiger partial charge >= 0.3 is 6.09 Å². The minimum absolute atomic E-state index is 0.0215. The van der Waals surface area contributed by atoms with Crippen molar-refractivity contribution in [3.05, 3.63) is 23.9 Å². The van der Waals surface area contributed by atoms with Crippen molar-refractivity contribution in [3.8, 4) is 5.88 Å². The molecule has 11 heteroatoms. The third-order valence-corrected chi connectivity index (χ3v) is 5.67. The van der Waals surface area contributed by atoms with Gasteiger partial charge in [0.05, 0.1) is 20.3 Å². The van der Waals surface area contributed by atoms with Gasteiger partial charge in [0.15, 0.2) is 0 Å². The number of nitrogens with zero attached hydrogens (tertiary/aromatic N) is 5. The zero-order chi connectivity index (χ0) is 22.5. The highest BCUT2D eigenvalue weighted by Crippen LogP contribution is 2.30. The number of morpholine rings is 1. The lowest BCUT2D eigenvalue weighted by atomic mass is 10.1. The second kappa shape index (κ2) is 9.86. The van der Waals surface area contributed by atoms with E-state index < -0.39 is 6.09 Å². The Labute approximate surface area is 186 Å². The Morgan fingerprint density at radius 1 is 1.28 bits per heavy atom. The lowest BCUT2D eigenvalue weighted by Gasteiger charge is -2.33. The molecule has 0 saturated carbocycles. The first-order valence-electron chi connectivity index (χ1n) is 10.8. The smallest absolute Gasteiger partial charge is 0.407 e. The van der Waals surface area contributed by atoms with E-state index in [1.54, 1.807) is 13.3 Å². The van der Waals surface area contributed by atoms with Crippen molar-refractivity contribution in [2.24, 2.45) is 0 Å². The Kier molecular flexibility index (Phi) is 6.74. The first-order valence-corrected chi connectivity index (χ1v) is 10.8. The number of amides is 1. The Balaban J connectivity index is 1.65. The summed E-state index contributed by atoms with van der Waals surface area (Å²) in [5, 5.41) is 16.1. The first-order chi connectivity index (χ1) is 15.5. The van der Waals surface area contributed by atoms with Crippen molar-refractivity contribution in [2.75, 3.05) is 62.0 Å².